The largest absolute Gasteiger partial charge is 0.497 e. The molecule has 9 nitrogen and oxygen atoms in total. The van der Waals surface area contributed by atoms with E-state index in [9.17, 15) is 18.0 Å². The summed E-state index contributed by atoms with van der Waals surface area (Å²) in [5.74, 6) is -0.661. The third kappa shape index (κ3) is 5.77. The first-order valence-electron chi connectivity index (χ1n) is 9.55. The number of halogens is 3. The van der Waals surface area contributed by atoms with Gasteiger partial charge in [-0.25, -0.2) is 9.97 Å². The van der Waals surface area contributed by atoms with Gasteiger partial charge in [-0.2, -0.15) is 13.2 Å². The topological polar surface area (TPSA) is 95.0 Å². The summed E-state index contributed by atoms with van der Waals surface area (Å²) in [5.41, 5.74) is 0.720. The molecule has 2 aromatic rings. The van der Waals surface area contributed by atoms with Crippen molar-refractivity contribution < 1.29 is 36.9 Å². The van der Waals surface area contributed by atoms with Crippen LogP contribution in [0.15, 0.2) is 30.6 Å². The van der Waals surface area contributed by atoms with Gasteiger partial charge in [0.1, 0.15) is 18.1 Å². The second-order valence-corrected chi connectivity index (χ2v) is 7.00. The van der Waals surface area contributed by atoms with E-state index in [2.05, 4.69) is 15.3 Å². The molecular weight excluding hydrogens is 433 g/mol. The molecule has 0 saturated carbocycles. The summed E-state index contributed by atoms with van der Waals surface area (Å²) in [6.45, 7) is 0.896. The second-order valence-electron chi connectivity index (χ2n) is 7.00. The number of hydrogen-bond acceptors (Lipinski definition) is 8. The number of anilines is 1. The maximum atomic E-state index is 12.7. The lowest BCUT2D eigenvalue weighted by Gasteiger charge is -2.20. The van der Waals surface area contributed by atoms with Crippen LogP contribution in [-0.4, -0.2) is 69.0 Å². The molecule has 1 aromatic heterocycles. The van der Waals surface area contributed by atoms with Crippen molar-refractivity contribution >= 4 is 11.6 Å². The summed E-state index contributed by atoms with van der Waals surface area (Å²) in [7, 11) is 4.49. The van der Waals surface area contributed by atoms with Crippen molar-refractivity contribution in [1.82, 2.24) is 15.3 Å². The Hall–Kier alpha value is -3.12. The summed E-state index contributed by atoms with van der Waals surface area (Å²) < 4.78 is 59.3. The Labute approximate surface area is 182 Å². The van der Waals surface area contributed by atoms with E-state index >= 15 is 0 Å². The number of aromatic nitrogens is 2. The Kier molecular flexibility index (Phi) is 7.36. The molecule has 3 rings (SSSR count). The number of carbonyl (C=O) groups excluding carboxylic acids is 1. The molecule has 0 radical (unpaired) electrons. The maximum Gasteiger partial charge on any atom is 0.451 e. The monoisotopic (exact) mass is 456 g/mol. The van der Waals surface area contributed by atoms with Crippen LogP contribution in [0.3, 0.4) is 0 Å². The molecule has 2 heterocycles. The molecule has 0 aliphatic carbocycles. The van der Waals surface area contributed by atoms with Gasteiger partial charge in [0.25, 0.3) is 0 Å². The summed E-state index contributed by atoms with van der Waals surface area (Å²) in [5, 5.41) is 2.88. The number of benzene rings is 1. The number of hydrogen-bond donors (Lipinski definition) is 1. The molecular formula is C20H23F3N4O5. The minimum Gasteiger partial charge on any atom is -0.497 e. The van der Waals surface area contributed by atoms with E-state index in [-0.39, 0.29) is 30.4 Å². The van der Waals surface area contributed by atoms with Crippen LogP contribution in [0.1, 0.15) is 5.82 Å². The van der Waals surface area contributed by atoms with Crippen LogP contribution in [-0.2, 0) is 20.4 Å². The summed E-state index contributed by atoms with van der Waals surface area (Å²) in [4.78, 5) is 20.5. The number of nitrogens with one attached hydrogen (secondary N) is 1. The molecule has 32 heavy (non-hydrogen) atoms. The van der Waals surface area contributed by atoms with Crippen LogP contribution >= 0.6 is 0 Å². The number of carbonyl (C=O) groups is 1. The first-order chi connectivity index (χ1) is 15.2. The molecule has 1 amide bonds. The molecule has 1 aliphatic heterocycles. The van der Waals surface area contributed by atoms with E-state index in [0.717, 1.165) is 18.1 Å². The van der Waals surface area contributed by atoms with Crippen molar-refractivity contribution in [3.63, 3.8) is 0 Å². The van der Waals surface area contributed by atoms with E-state index in [1.807, 2.05) is 4.90 Å². The zero-order valence-corrected chi connectivity index (χ0v) is 17.7. The number of alkyl halides is 3. The van der Waals surface area contributed by atoms with Gasteiger partial charge in [-0.3, -0.25) is 4.79 Å². The molecule has 174 valence electrons. The highest BCUT2D eigenvalue weighted by atomic mass is 19.4. The lowest BCUT2D eigenvalue weighted by atomic mass is 10.2. The Morgan fingerprint density at radius 2 is 1.78 bits per heavy atom. The molecule has 2 atom stereocenters. The Bertz CT molecular complexity index is 926. The van der Waals surface area contributed by atoms with Crippen LogP contribution in [0.2, 0.25) is 0 Å². The maximum absolute atomic E-state index is 12.7. The summed E-state index contributed by atoms with van der Waals surface area (Å²) in [6, 6.07) is 4.80. The average Bonchev–Trinajstić information content (AvgIpc) is 3.16. The highest BCUT2D eigenvalue weighted by Crippen LogP contribution is 2.34. The predicted octanol–water partition coefficient (Wildman–Crippen LogP) is 2.26. The first-order valence-corrected chi connectivity index (χ1v) is 9.55. The quantitative estimate of drug-likeness (QED) is 0.647. The normalized spacial score (nSPS) is 18.5. The molecule has 1 N–H and O–H groups in total. The fraction of sp³-hybridized carbons (Fsp3) is 0.450. The average molecular weight is 456 g/mol. The molecule has 0 bridgehead atoms. The van der Waals surface area contributed by atoms with E-state index in [0.29, 0.717) is 24.6 Å². The van der Waals surface area contributed by atoms with Gasteiger partial charge >= 0.3 is 6.18 Å². The molecule has 1 fully saturated rings. The molecule has 0 unspecified atom stereocenters. The minimum absolute atomic E-state index is 0.0399. The van der Waals surface area contributed by atoms with Gasteiger partial charge in [0.05, 0.1) is 31.6 Å². The lowest BCUT2D eigenvalue weighted by Crippen LogP contribution is -2.44. The number of nitrogens with zero attached hydrogens (tertiary/aromatic N) is 3. The van der Waals surface area contributed by atoms with Gasteiger partial charge in [0.2, 0.25) is 11.7 Å². The predicted molar refractivity (Wildman–Crippen MR) is 107 cm³/mol. The standard InChI is InChI=1S/C20H23F3N4O5/c1-29-11-18(28)26-16-9-27(10-17(16)31-3)12-4-13(30-2)6-14(5-12)32-15-7-24-19(25-8-15)20(21,22)23/h4-8,16-17H,9-11H2,1-3H3,(H,26,28)/t16-,17+/m1/s1. The van der Waals surface area contributed by atoms with Gasteiger partial charge < -0.3 is 29.2 Å². The van der Waals surface area contributed by atoms with Crippen molar-refractivity contribution in [2.24, 2.45) is 0 Å². The van der Waals surface area contributed by atoms with Crippen LogP contribution in [0, 0.1) is 0 Å². The Balaban J connectivity index is 1.78. The Morgan fingerprint density at radius 3 is 2.38 bits per heavy atom. The van der Waals surface area contributed by atoms with Crippen LogP contribution < -0.4 is 19.7 Å². The number of amides is 1. The van der Waals surface area contributed by atoms with Crippen LogP contribution in [0.4, 0.5) is 18.9 Å². The zero-order valence-electron chi connectivity index (χ0n) is 17.7. The van der Waals surface area contributed by atoms with Gasteiger partial charge in [0.15, 0.2) is 5.75 Å². The molecule has 0 spiro atoms. The third-order valence-electron chi connectivity index (χ3n) is 4.77. The SMILES string of the molecule is COCC(=O)N[C@@H]1CN(c2cc(OC)cc(Oc3cnc(C(F)(F)F)nc3)c2)C[C@@H]1OC. The molecule has 1 aromatic carbocycles. The number of rotatable bonds is 8. The third-order valence-corrected chi connectivity index (χ3v) is 4.77. The summed E-state index contributed by atoms with van der Waals surface area (Å²) >= 11 is 0. The Morgan fingerprint density at radius 1 is 1.09 bits per heavy atom. The highest BCUT2D eigenvalue weighted by Gasteiger charge is 2.35. The van der Waals surface area contributed by atoms with Gasteiger partial charge in [0, 0.05) is 51.2 Å². The van der Waals surface area contributed by atoms with Crippen molar-refractivity contribution in [3.05, 3.63) is 36.4 Å². The fourth-order valence-corrected chi connectivity index (χ4v) is 3.31. The first kappa shape index (κ1) is 23.5. The van der Waals surface area contributed by atoms with Crippen molar-refractivity contribution in [2.75, 3.05) is 45.9 Å². The smallest absolute Gasteiger partial charge is 0.451 e. The molecule has 1 saturated heterocycles. The van der Waals surface area contributed by atoms with Crippen molar-refractivity contribution in [3.8, 4) is 17.2 Å². The number of ether oxygens (including phenoxy) is 4. The summed E-state index contributed by atoms with van der Waals surface area (Å²) in [6.07, 6.45) is -2.99. The fourth-order valence-electron chi connectivity index (χ4n) is 3.31. The minimum atomic E-state index is -4.63. The lowest BCUT2D eigenvalue weighted by molar-refractivity contribution is -0.145. The highest BCUT2D eigenvalue weighted by molar-refractivity contribution is 5.77. The van der Waals surface area contributed by atoms with E-state index in [4.69, 9.17) is 18.9 Å². The van der Waals surface area contributed by atoms with Gasteiger partial charge in [-0.05, 0) is 0 Å². The van der Waals surface area contributed by atoms with E-state index < -0.39 is 12.0 Å². The van der Waals surface area contributed by atoms with Crippen LogP contribution in [0.25, 0.3) is 0 Å². The van der Waals surface area contributed by atoms with Gasteiger partial charge in [-0.15, -0.1) is 0 Å². The second kappa shape index (κ2) is 10.0. The van der Waals surface area contributed by atoms with Gasteiger partial charge in [-0.1, -0.05) is 0 Å². The van der Waals surface area contributed by atoms with Crippen molar-refractivity contribution in [2.45, 2.75) is 18.3 Å². The van der Waals surface area contributed by atoms with Crippen molar-refractivity contribution in [1.29, 1.82) is 0 Å². The molecule has 1 aliphatic rings. The van der Waals surface area contributed by atoms with E-state index in [1.54, 1.807) is 25.3 Å². The molecule has 12 heteroatoms. The number of methoxy groups -OCH3 is 3. The van der Waals surface area contributed by atoms with Crippen LogP contribution in [0.5, 0.6) is 17.2 Å². The van der Waals surface area contributed by atoms with E-state index in [1.165, 1.54) is 14.2 Å². The zero-order chi connectivity index (χ0) is 23.3.